The summed E-state index contributed by atoms with van der Waals surface area (Å²) in [5, 5.41) is 7.44. The second kappa shape index (κ2) is 8.93. The van der Waals surface area contributed by atoms with E-state index in [1.165, 1.54) is 0 Å². The van der Waals surface area contributed by atoms with Gasteiger partial charge in [-0.1, -0.05) is 48.0 Å². The molecule has 0 amide bonds. The van der Waals surface area contributed by atoms with Crippen molar-refractivity contribution in [3.63, 3.8) is 0 Å². The maximum absolute atomic E-state index is 13.0. The van der Waals surface area contributed by atoms with Gasteiger partial charge in [0.05, 0.1) is 5.56 Å². The molecule has 2 heterocycles. The Bertz CT molecular complexity index is 1750. The van der Waals surface area contributed by atoms with Crippen molar-refractivity contribution in [1.29, 1.82) is 0 Å². The van der Waals surface area contributed by atoms with Crippen LogP contribution in [0.1, 0.15) is 32.6 Å². The van der Waals surface area contributed by atoms with Crippen LogP contribution in [0.2, 0.25) is 5.02 Å². The Kier molecular flexibility index (Phi) is 5.35. The first-order valence-corrected chi connectivity index (χ1v) is 13.0. The third-order valence-electron chi connectivity index (χ3n) is 7.23. The van der Waals surface area contributed by atoms with Crippen LogP contribution in [0, 0.1) is 6.92 Å². The quantitative estimate of drug-likeness (QED) is 0.227. The van der Waals surface area contributed by atoms with Crippen molar-refractivity contribution in [2.45, 2.75) is 12.5 Å². The van der Waals surface area contributed by atoms with Gasteiger partial charge in [-0.2, -0.15) is 0 Å². The molecule has 5 aromatic carbocycles. The maximum Gasteiger partial charge on any atom is 0.340 e. The van der Waals surface area contributed by atoms with Gasteiger partial charge in [-0.15, -0.1) is 0 Å². The summed E-state index contributed by atoms with van der Waals surface area (Å²) in [6.45, 7) is 1.93. The molecule has 1 atom stereocenters. The number of benzene rings is 5. The van der Waals surface area contributed by atoms with E-state index in [1.54, 1.807) is 6.07 Å². The number of ether oxygens (including phenoxy) is 2. The van der Waals surface area contributed by atoms with Crippen LogP contribution in [0.3, 0.4) is 0 Å². The molecule has 39 heavy (non-hydrogen) atoms. The summed E-state index contributed by atoms with van der Waals surface area (Å²) in [5.41, 5.74) is 6.33. The summed E-state index contributed by atoms with van der Waals surface area (Å²) in [4.78, 5) is 13.0. The monoisotopic (exact) mass is 530 g/mol. The van der Waals surface area contributed by atoms with Gasteiger partial charge in [-0.25, -0.2) is 4.79 Å². The highest BCUT2D eigenvalue weighted by atomic mass is 35.5. The topological polar surface area (TPSA) is 59.6 Å². The molecule has 0 aliphatic carbocycles. The largest absolute Gasteiger partial charge is 0.456 e. The molecule has 0 bridgehead atoms. The Morgan fingerprint density at radius 1 is 0.641 bits per heavy atom. The predicted molar refractivity (Wildman–Crippen MR) is 154 cm³/mol. The molecule has 7 rings (SSSR count). The van der Waals surface area contributed by atoms with Crippen molar-refractivity contribution < 1.29 is 14.3 Å². The lowest BCUT2D eigenvalue weighted by Crippen LogP contribution is -2.33. The van der Waals surface area contributed by atoms with Crippen LogP contribution in [0.15, 0.2) is 109 Å². The Morgan fingerprint density at radius 2 is 1.26 bits per heavy atom. The molecule has 2 aliphatic rings. The zero-order valence-electron chi connectivity index (χ0n) is 21.0. The summed E-state index contributed by atoms with van der Waals surface area (Å²) in [6.07, 6.45) is 0. The Morgan fingerprint density at radius 3 is 2.03 bits per heavy atom. The number of aryl methyl sites for hydroxylation is 1. The van der Waals surface area contributed by atoms with Crippen molar-refractivity contribution in [2.24, 2.45) is 0 Å². The number of rotatable bonds is 4. The van der Waals surface area contributed by atoms with Gasteiger partial charge in [0.25, 0.3) is 0 Å². The molecule has 5 nitrogen and oxygen atoms in total. The molecule has 0 saturated carbocycles. The van der Waals surface area contributed by atoms with E-state index in [9.17, 15) is 4.79 Å². The minimum absolute atomic E-state index is 0.368. The van der Waals surface area contributed by atoms with Crippen molar-refractivity contribution >= 4 is 40.3 Å². The normalized spacial score (nSPS) is 16.5. The van der Waals surface area contributed by atoms with Gasteiger partial charge in [0.1, 0.15) is 11.5 Å². The zero-order chi connectivity index (χ0) is 26.6. The number of fused-ring (bicyclic) bond motifs is 6. The molecule has 2 aliphatic heterocycles. The minimum Gasteiger partial charge on any atom is -0.456 e. The molecule has 1 spiro atoms. The molecule has 190 valence electrons. The lowest BCUT2D eigenvalue weighted by atomic mass is 9.77. The van der Waals surface area contributed by atoms with Gasteiger partial charge >= 0.3 is 5.97 Å². The molecule has 0 fully saturated rings. The SMILES string of the molecule is Cc1cc2c(cc1Cl)C1(OC(=O)c3ccccc31)c1ccc(Nc3ccc(Nc4ccccc4)cc3)cc1O2. The Balaban J connectivity index is 1.26. The summed E-state index contributed by atoms with van der Waals surface area (Å²) in [7, 11) is 0. The van der Waals surface area contributed by atoms with E-state index < -0.39 is 5.60 Å². The number of anilines is 4. The highest BCUT2D eigenvalue weighted by Crippen LogP contribution is 2.57. The van der Waals surface area contributed by atoms with Crippen LogP contribution in [-0.2, 0) is 10.3 Å². The Labute approximate surface area is 231 Å². The van der Waals surface area contributed by atoms with Crippen molar-refractivity contribution in [3.8, 4) is 11.5 Å². The standard InChI is InChI=1S/C33H23ClN2O3/c1-20-17-30-28(19-29(20)34)33(26-10-6-5-9-25(26)32(37)39-33)27-16-15-24(18-31(27)38-30)36-23-13-11-22(12-14-23)35-21-7-3-2-4-8-21/h2-19,35-36H,1H3. The van der Waals surface area contributed by atoms with Crippen LogP contribution < -0.4 is 15.4 Å². The lowest BCUT2D eigenvalue weighted by molar-refractivity contribution is 0.0224. The molecule has 0 radical (unpaired) electrons. The van der Waals surface area contributed by atoms with E-state index in [1.807, 2.05) is 110 Å². The van der Waals surface area contributed by atoms with Crippen molar-refractivity contribution in [1.82, 2.24) is 0 Å². The fourth-order valence-corrected chi connectivity index (χ4v) is 5.53. The van der Waals surface area contributed by atoms with Gasteiger partial charge in [0.2, 0.25) is 0 Å². The van der Waals surface area contributed by atoms with Crippen molar-refractivity contribution in [2.75, 3.05) is 10.6 Å². The summed E-state index contributed by atoms with van der Waals surface area (Å²) < 4.78 is 12.6. The van der Waals surface area contributed by atoms with Crippen LogP contribution in [0.5, 0.6) is 11.5 Å². The van der Waals surface area contributed by atoms with E-state index in [0.717, 1.165) is 39.4 Å². The first kappa shape index (κ1) is 23.4. The summed E-state index contributed by atoms with van der Waals surface area (Å²) in [6, 6.07) is 35.2. The number of nitrogens with one attached hydrogen (secondary N) is 2. The first-order valence-electron chi connectivity index (χ1n) is 12.7. The smallest absolute Gasteiger partial charge is 0.340 e. The lowest BCUT2D eigenvalue weighted by Gasteiger charge is -2.37. The summed E-state index contributed by atoms with van der Waals surface area (Å²) >= 11 is 6.56. The third kappa shape index (κ3) is 3.82. The number of halogens is 1. The minimum atomic E-state index is -1.14. The first-order chi connectivity index (χ1) is 19.0. The molecular formula is C33H23ClN2O3. The maximum atomic E-state index is 13.0. The summed E-state index contributed by atoms with van der Waals surface area (Å²) in [5.74, 6) is 0.857. The molecule has 0 saturated heterocycles. The second-order valence-electron chi connectivity index (χ2n) is 9.72. The van der Waals surface area contributed by atoms with Crippen LogP contribution in [-0.4, -0.2) is 5.97 Å². The van der Waals surface area contributed by atoms with Gasteiger partial charge in [0, 0.05) is 50.5 Å². The van der Waals surface area contributed by atoms with Gasteiger partial charge in [0.15, 0.2) is 5.60 Å². The fourth-order valence-electron chi connectivity index (χ4n) is 5.36. The van der Waals surface area contributed by atoms with E-state index >= 15 is 0 Å². The molecular weight excluding hydrogens is 508 g/mol. The highest BCUT2D eigenvalue weighted by molar-refractivity contribution is 6.31. The number of hydrogen-bond acceptors (Lipinski definition) is 5. The fraction of sp³-hybridized carbons (Fsp3) is 0.0606. The van der Waals surface area contributed by atoms with Crippen LogP contribution in [0.25, 0.3) is 0 Å². The van der Waals surface area contributed by atoms with E-state index in [-0.39, 0.29) is 5.97 Å². The van der Waals surface area contributed by atoms with E-state index in [2.05, 4.69) is 10.6 Å². The molecule has 0 aromatic heterocycles. The average molecular weight is 531 g/mol. The zero-order valence-corrected chi connectivity index (χ0v) is 21.8. The Hall–Kier alpha value is -4.74. The molecule has 2 N–H and O–H groups in total. The number of carbonyl (C=O) groups excluding carboxylic acids is 1. The predicted octanol–water partition coefficient (Wildman–Crippen LogP) is 8.70. The second-order valence-corrected chi connectivity index (χ2v) is 10.1. The third-order valence-corrected chi connectivity index (χ3v) is 7.64. The van der Waals surface area contributed by atoms with Crippen LogP contribution >= 0.6 is 11.6 Å². The average Bonchev–Trinajstić information content (AvgIpc) is 3.24. The molecule has 5 aromatic rings. The van der Waals surface area contributed by atoms with Gasteiger partial charge in [-0.3, -0.25) is 0 Å². The molecule has 1 unspecified atom stereocenters. The number of para-hydroxylation sites is 1. The number of hydrogen-bond donors (Lipinski definition) is 2. The number of esters is 1. The van der Waals surface area contributed by atoms with E-state index in [0.29, 0.717) is 27.6 Å². The van der Waals surface area contributed by atoms with Crippen molar-refractivity contribution in [3.05, 3.63) is 142 Å². The van der Waals surface area contributed by atoms with Gasteiger partial charge in [-0.05, 0) is 79.2 Å². The van der Waals surface area contributed by atoms with Gasteiger partial charge < -0.3 is 20.1 Å². The van der Waals surface area contributed by atoms with E-state index in [4.69, 9.17) is 21.1 Å². The molecule has 6 heteroatoms. The number of carbonyl (C=O) groups is 1. The van der Waals surface area contributed by atoms with Crippen LogP contribution in [0.4, 0.5) is 22.7 Å². The highest BCUT2D eigenvalue weighted by Gasteiger charge is 2.53.